The van der Waals surface area contributed by atoms with Crippen LogP contribution in [0, 0.1) is 0 Å². The molecule has 0 atom stereocenters. The molecule has 0 saturated carbocycles. The van der Waals surface area contributed by atoms with E-state index >= 15 is 0 Å². The van der Waals surface area contributed by atoms with E-state index in [1.54, 1.807) is 6.07 Å². The quantitative estimate of drug-likeness (QED) is 0.283. The van der Waals surface area contributed by atoms with Crippen molar-refractivity contribution < 1.29 is 9.47 Å². The van der Waals surface area contributed by atoms with Crippen molar-refractivity contribution in [3.05, 3.63) is 57.6 Å². The van der Waals surface area contributed by atoms with Crippen LogP contribution in [0.4, 0.5) is 0 Å². The molecule has 0 aliphatic heterocycles. The topological polar surface area (TPSA) is 30.5 Å². The third-order valence-corrected chi connectivity index (χ3v) is 5.36. The van der Waals surface area contributed by atoms with Gasteiger partial charge < -0.3 is 14.8 Å². The molecule has 2 aromatic rings. The van der Waals surface area contributed by atoms with Crippen molar-refractivity contribution in [1.82, 2.24) is 5.32 Å². The third kappa shape index (κ3) is 9.34. The lowest BCUT2D eigenvalue weighted by molar-refractivity contribution is 0.266. The predicted octanol–water partition coefficient (Wildman–Crippen LogP) is 7.84. The zero-order chi connectivity index (χ0) is 20.9. The van der Waals surface area contributed by atoms with Gasteiger partial charge in [-0.2, -0.15) is 0 Å². The van der Waals surface area contributed by atoms with Gasteiger partial charge in [-0.1, -0.05) is 80.4 Å². The first-order valence-corrected chi connectivity index (χ1v) is 11.4. The monoisotopic (exact) mass is 473 g/mol. The largest absolute Gasteiger partial charge is 0.490 e. The van der Waals surface area contributed by atoms with Crippen molar-refractivity contribution >= 4 is 35.6 Å². The predicted molar refractivity (Wildman–Crippen MR) is 131 cm³/mol. The normalized spacial score (nSPS) is 10.5. The number of benzene rings is 2. The van der Waals surface area contributed by atoms with Crippen molar-refractivity contribution in [2.24, 2.45) is 0 Å². The molecule has 30 heavy (non-hydrogen) atoms. The second-order valence-corrected chi connectivity index (χ2v) is 7.99. The van der Waals surface area contributed by atoms with Gasteiger partial charge in [-0.25, -0.2) is 0 Å². The number of para-hydroxylation sites is 1. The van der Waals surface area contributed by atoms with Crippen LogP contribution in [0.1, 0.15) is 63.5 Å². The van der Waals surface area contributed by atoms with Gasteiger partial charge in [-0.3, -0.25) is 0 Å². The summed E-state index contributed by atoms with van der Waals surface area (Å²) in [5, 5.41) is 4.76. The molecule has 0 heterocycles. The van der Waals surface area contributed by atoms with Gasteiger partial charge in [0.05, 0.1) is 6.61 Å². The molecule has 168 valence electrons. The van der Waals surface area contributed by atoms with Crippen LogP contribution >= 0.6 is 35.6 Å². The Bertz CT molecular complexity index is 740. The highest BCUT2D eigenvalue weighted by Crippen LogP contribution is 2.33. The molecular formula is C24H34Cl3NO2. The minimum atomic E-state index is 0. The molecule has 2 rings (SSSR count). The van der Waals surface area contributed by atoms with Crippen molar-refractivity contribution in [3.8, 4) is 11.5 Å². The lowest BCUT2D eigenvalue weighted by Crippen LogP contribution is -2.16. The van der Waals surface area contributed by atoms with E-state index in [-0.39, 0.29) is 12.4 Å². The Labute approximate surface area is 197 Å². The van der Waals surface area contributed by atoms with Crippen LogP contribution in [0.2, 0.25) is 10.0 Å². The standard InChI is InChI=1S/C24H33Cl2NO2.ClH/c1-3-5-6-7-8-9-15-27-17-19-11-10-12-23(28-4-2)24(19)29-18-20-13-14-21(25)16-22(20)26;/h10-14,16,27H,3-9,15,17-18H2,1-2H3;1H. The van der Waals surface area contributed by atoms with Gasteiger partial charge in [0, 0.05) is 27.7 Å². The lowest BCUT2D eigenvalue weighted by atomic mass is 10.1. The van der Waals surface area contributed by atoms with Crippen LogP contribution in [-0.2, 0) is 13.2 Å². The summed E-state index contributed by atoms with van der Waals surface area (Å²) in [5.41, 5.74) is 1.99. The van der Waals surface area contributed by atoms with Crippen molar-refractivity contribution in [3.63, 3.8) is 0 Å². The summed E-state index contributed by atoms with van der Waals surface area (Å²) < 4.78 is 11.9. The molecule has 3 nitrogen and oxygen atoms in total. The first kappa shape index (κ1) is 26.9. The van der Waals surface area contributed by atoms with E-state index in [1.165, 1.54) is 38.5 Å². The van der Waals surface area contributed by atoms with E-state index in [0.717, 1.165) is 35.7 Å². The zero-order valence-corrected chi connectivity index (χ0v) is 20.3. The summed E-state index contributed by atoms with van der Waals surface area (Å²) in [7, 11) is 0. The fourth-order valence-electron chi connectivity index (χ4n) is 3.18. The van der Waals surface area contributed by atoms with Crippen LogP contribution in [0.15, 0.2) is 36.4 Å². The first-order chi connectivity index (χ1) is 14.2. The molecule has 6 heteroatoms. The van der Waals surface area contributed by atoms with Gasteiger partial charge in [0.15, 0.2) is 11.5 Å². The second kappa shape index (κ2) is 15.6. The number of hydrogen-bond acceptors (Lipinski definition) is 3. The molecule has 0 aliphatic rings. The molecule has 0 spiro atoms. The SMILES string of the molecule is CCCCCCCCNCc1cccc(OCC)c1OCc1ccc(Cl)cc1Cl.Cl. The number of unbranched alkanes of at least 4 members (excludes halogenated alkanes) is 5. The van der Waals surface area contributed by atoms with Gasteiger partial charge in [0.25, 0.3) is 0 Å². The maximum absolute atomic E-state index is 6.29. The fraction of sp³-hybridized carbons (Fsp3) is 0.500. The highest BCUT2D eigenvalue weighted by molar-refractivity contribution is 6.35. The van der Waals surface area contributed by atoms with Crippen molar-refractivity contribution in [2.45, 2.75) is 65.5 Å². The smallest absolute Gasteiger partial charge is 0.166 e. The second-order valence-electron chi connectivity index (χ2n) is 7.15. The van der Waals surface area contributed by atoms with E-state index in [0.29, 0.717) is 23.3 Å². The molecular weight excluding hydrogens is 441 g/mol. The Morgan fingerprint density at radius 1 is 0.867 bits per heavy atom. The van der Waals surface area contributed by atoms with Gasteiger partial charge in [0.2, 0.25) is 0 Å². The van der Waals surface area contributed by atoms with E-state index in [4.69, 9.17) is 32.7 Å². The van der Waals surface area contributed by atoms with Crippen LogP contribution < -0.4 is 14.8 Å². The lowest BCUT2D eigenvalue weighted by Gasteiger charge is -2.17. The van der Waals surface area contributed by atoms with Gasteiger partial charge in [-0.15, -0.1) is 12.4 Å². The Kier molecular flexibility index (Phi) is 14.0. The molecule has 0 unspecified atom stereocenters. The minimum Gasteiger partial charge on any atom is -0.490 e. The molecule has 0 bridgehead atoms. The molecule has 2 aromatic carbocycles. The highest BCUT2D eigenvalue weighted by atomic mass is 35.5. The van der Waals surface area contributed by atoms with E-state index < -0.39 is 0 Å². The fourth-order valence-corrected chi connectivity index (χ4v) is 3.64. The van der Waals surface area contributed by atoms with Gasteiger partial charge in [0.1, 0.15) is 6.61 Å². The zero-order valence-electron chi connectivity index (χ0n) is 18.0. The minimum absolute atomic E-state index is 0. The Hall–Kier alpha value is -1.13. The van der Waals surface area contributed by atoms with E-state index in [9.17, 15) is 0 Å². The van der Waals surface area contributed by atoms with Crippen LogP contribution in [0.5, 0.6) is 11.5 Å². The molecule has 0 saturated heterocycles. The van der Waals surface area contributed by atoms with E-state index in [1.807, 2.05) is 31.2 Å². The van der Waals surface area contributed by atoms with Crippen LogP contribution in [-0.4, -0.2) is 13.2 Å². The Morgan fingerprint density at radius 2 is 1.63 bits per heavy atom. The number of nitrogens with one attached hydrogen (secondary N) is 1. The average Bonchev–Trinajstić information content (AvgIpc) is 2.70. The van der Waals surface area contributed by atoms with Crippen molar-refractivity contribution in [1.29, 1.82) is 0 Å². The molecule has 0 fully saturated rings. The maximum Gasteiger partial charge on any atom is 0.166 e. The van der Waals surface area contributed by atoms with Crippen LogP contribution in [0.3, 0.4) is 0 Å². The molecule has 0 amide bonds. The third-order valence-electron chi connectivity index (χ3n) is 4.77. The Morgan fingerprint density at radius 3 is 2.37 bits per heavy atom. The highest BCUT2D eigenvalue weighted by Gasteiger charge is 2.12. The number of halogens is 3. The summed E-state index contributed by atoms with van der Waals surface area (Å²) in [6.07, 6.45) is 7.79. The summed E-state index contributed by atoms with van der Waals surface area (Å²) >= 11 is 12.3. The van der Waals surface area contributed by atoms with Gasteiger partial charge >= 0.3 is 0 Å². The molecule has 0 aromatic heterocycles. The average molecular weight is 475 g/mol. The molecule has 0 aliphatic carbocycles. The van der Waals surface area contributed by atoms with Crippen LogP contribution in [0.25, 0.3) is 0 Å². The molecule has 1 N–H and O–H groups in total. The number of hydrogen-bond donors (Lipinski definition) is 1. The van der Waals surface area contributed by atoms with Crippen molar-refractivity contribution in [2.75, 3.05) is 13.2 Å². The first-order valence-electron chi connectivity index (χ1n) is 10.7. The maximum atomic E-state index is 6.29. The number of ether oxygens (including phenoxy) is 2. The summed E-state index contributed by atoms with van der Waals surface area (Å²) in [6.45, 7) is 6.94. The summed E-state index contributed by atoms with van der Waals surface area (Å²) in [4.78, 5) is 0. The summed E-state index contributed by atoms with van der Waals surface area (Å²) in [5.74, 6) is 1.53. The molecule has 0 radical (unpaired) electrons. The van der Waals surface area contributed by atoms with Gasteiger partial charge in [-0.05, 0) is 38.1 Å². The Balaban J connectivity index is 0.00000450. The van der Waals surface area contributed by atoms with E-state index in [2.05, 4.69) is 18.3 Å². The number of rotatable bonds is 14. The summed E-state index contributed by atoms with van der Waals surface area (Å²) in [6, 6.07) is 11.5.